The average molecular weight is 508 g/mol. The second kappa shape index (κ2) is 11.2. The van der Waals surface area contributed by atoms with Crippen LogP contribution in [0.15, 0.2) is 53.3 Å². The zero-order chi connectivity index (χ0) is 27.4. The first-order chi connectivity index (χ1) is 17.2. The first-order valence-electron chi connectivity index (χ1n) is 12.3. The summed E-state index contributed by atoms with van der Waals surface area (Å²) >= 11 is 0. The highest BCUT2D eigenvalue weighted by atomic mass is 16.5. The molecule has 8 nitrogen and oxygen atoms in total. The van der Waals surface area contributed by atoms with Gasteiger partial charge in [-0.2, -0.15) is 0 Å². The molecule has 3 rings (SSSR count). The third-order valence-corrected chi connectivity index (χ3v) is 6.16. The molecule has 1 heterocycles. The SMILES string of the molecule is Cc1cc(C(C)(C)C)ccc1NC(=O)CN(Cc1ccc(OC(C)(C)C(=O)O)cc1)Cc1ocnc1C. The molecule has 1 aromatic heterocycles. The van der Waals surface area contributed by atoms with E-state index in [2.05, 4.69) is 37.1 Å². The number of carbonyl (C=O) groups excluding carboxylic acids is 1. The largest absolute Gasteiger partial charge is 0.478 e. The summed E-state index contributed by atoms with van der Waals surface area (Å²) in [5.41, 5.74) is 3.43. The van der Waals surface area contributed by atoms with Gasteiger partial charge >= 0.3 is 5.97 Å². The number of nitrogens with zero attached hydrogens (tertiary/aromatic N) is 2. The molecule has 0 aliphatic rings. The number of carboxylic acid groups (broad SMARTS) is 1. The van der Waals surface area contributed by atoms with Crippen LogP contribution in [0.25, 0.3) is 0 Å². The van der Waals surface area contributed by atoms with Crippen LogP contribution in [0.3, 0.4) is 0 Å². The Balaban J connectivity index is 1.73. The van der Waals surface area contributed by atoms with Crippen LogP contribution in [-0.4, -0.2) is 39.0 Å². The molecule has 0 fully saturated rings. The van der Waals surface area contributed by atoms with E-state index >= 15 is 0 Å². The number of hydrogen-bond donors (Lipinski definition) is 2. The molecular formula is C29H37N3O5. The van der Waals surface area contributed by atoms with E-state index in [1.54, 1.807) is 12.1 Å². The van der Waals surface area contributed by atoms with Gasteiger partial charge in [0.1, 0.15) is 11.5 Å². The molecule has 2 N–H and O–H groups in total. The lowest BCUT2D eigenvalue weighted by molar-refractivity contribution is -0.152. The van der Waals surface area contributed by atoms with Gasteiger partial charge in [0.25, 0.3) is 0 Å². The van der Waals surface area contributed by atoms with Crippen molar-refractivity contribution in [1.29, 1.82) is 0 Å². The molecule has 3 aromatic rings. The number of aliphatic carboxylic acids is 1. The van der Waals surface area contributed by atoms with Crippen molar-refractivity contribution in [3.05, 3.63) is 77.0 Å². The highest BCUT2D eigenvalue weighted by molar-refractivity contribution is 5.93. The van der Waals surface area contributed by atoms with Crippen LogP contribution in [-0.2, 0) is 28.1 Å². The van der Waals surface area contributed by atoms with E-state index in [0.717, 1.165) is 22.5 Å². The Morgan fingerprint density at radius 2 is 1.70 bits per heavy atom. The van der Waals surface area contributed by atoms with Crippen LogP contribution in [0.5, 0.6) is 5.75 Å². The number of carbonyl (C=O) groups is 2. The van der Waals surface area contributed by atoms with E-state index in [9.17, 15) is 14.7 Å². The molecule has 0 radical (unpaired) electrons. The zero-order valence-electron chi connectivity index (χ0n) is 22.7. The molecule has 0 spiro atoms. The number of amides is 1. The number of carboxylic acids is 1. The highest BCUT2D eigenvalue weighted by Gasteiger charge is 2.29. The van der Waals surface area contributed by atoms with E-state index in [-0.39, 0.29) is 17.9 Å². The molecule has 2 aromatic carbocycles. The molecule has 0 bridgehead atoms. The summed E-state index contributed by atoms with van der Waals surface area (Å²) in [4.78, 5) is 30.5. The lowest BCUT2D eigenvalue weighted by Gasteiger charge is -2.23. The molecule has 37 heavy (non-hydrogen) atoms. The second-order valence-corrected chi connectivity index (χ2v) is 10.9. The topological polar surface area (TPSA) is 105 Å². The van der Waals surface area contributed by atoms with Gasteiger partial charge in [0.15, 0.2) is 12.0 Å². The maximum Gasteiger partial charge on any atom is 0.347 e. The Labute approximate surface area is 218 Å². The molecule has 1 amide bonds. The van der Waals surface area contributed by atoms with Crippen LogP contribution in [0.4, 0.5) is 5.69 Å². The van der Waals surface area contributed by atoms with Crippen LogP contribution >= 0.6 is 0 Å². The van der Waals surface area contributed by atoms with Gasteiger partial charge < -0.3 is 19.6 Å². The Morgan fingerprint density at radius 3 is 2.24 bits per heavy atom. The molecule has 0 unspecified atom stereocenters. The molecule has 0 aliphatic carbocycles. The number of ether oxygens (including phenoxy) is 1. The van der Waals surface area contributed by atoms with Gasteiger partial charge in [-0.15, -0.1) is 0 Å². The third-order valence-electron chi connectivity index (χ3n) is 6.16. The summed E-state index contributed by atoms with van der Waals surface area (Å²) in [6, 6.07) is 13.3. The van der Waals surface area contributed by atoms with E-state index in [1.165, 1.54) is 25.8 Å². The highest BCUT2D eigenvalue weighted by Crippen LogP contribution is 2.26. The van der Waals surface area contributed by atoms with Gasteiger partial charge in [0, 0.05) is 12.2 Å². The van der Waals surface area contributed by atoms with Crippen LogP contribution < -0.4 is 10.1 Å². The number of benzene rings is 2. The minimum Gasteiger partial charge on any atom is -0.478 e. The Morgan fingerprint density at radius 1 is 1.03 bits per heavy atom. The minimum absolute atomic E-state index is 0.0308. The van der Waals surface area contributed by atoms with Gasteiger partial charge in [-0.25, -0.2) is 9.78 Å². The monoisotopic (exact) mass is 507 g/mol. The van der Waals surface area contributed by atoms with Crippen molar-refractivity contribution < 1.29 is 23.8 Å². The van der Waals surface area contributed by atoms with E-state index in [4.69, 9.17) is 9.15 Å². The maximum absolute atomic E-state index is 13.1. The summed E-state index contributed by atoms with van der Waals surface area (Å²) in [5.74, 6) is -0.0196. The fourth-order valence-corrected chi connectivity index (χ4v) is 3.77. The number of nitrogens with one attached hydrogen (secondary N) is 1. The van der Waals surface area contributed by atoms with Crippen molar-refractivity contribution in [2.24, 2.45) is 0 Å². The predicted molar refractivity (Wildman–Crippen MR) is 143 cm³/mol. The van der Waals surface area contributed by atoms with Crippen LogP contribution in [0, 0.1) is 13.8 Å². The van der Waals surface area contributed by atoms with Gasteiger partial charge in [-0.05, 0) is 68.0 Å². The minimum atomic E-state index is -1.33. The summed E-state index contributed by atoms with van der Waals surface area (Å²) < 4.78 is 11.1. The summed E-state index contributed by atoms with van der Waals surface area (Å²) in [6.45, 7) is 14.4. The number of oxazole rings is 1. The number of rotatable bonds is 10. The maximum atomic E-state index is 13.1. The lowest BCUT2D eigenvalue weighted by atomic mass is 9.86. The molecule has 0 saturated heterocycles. The summed E-state index contributed by atoms with van der Waals surface area (Å²) in [6.07, 6.45) is 1.40. The van der Waals surface area contributed by atoms with Gasteiger partial charge in [0.05, 0.1) is 18.8 Å². The van der Waals surface area contributed by atoms with Crippen LogP contribution in [0.2, 0.25) is 0 Å². The number of anilines is 1. The number of aryl methyl sites for hydroxylation is 2. The second-order valence-electron chi connectivity index (χ2n) is 10.9. The summed E-state index contributed by atoms with van der Waals surface area (Å²) in [5, 5.41) is 12.3. The van der Waals surface area contributed by atoms with Crippen molar-refractivity contribution in [2.45, 2.75) is 72.6 Å². The fraction of sp³-hybridized carbons (Fsp3) is 0.414. The standard InChI is InChI=1S/C29H37N3O5/c1-19-14-22(28(3,4)5)10-13-24(19)31-26(33)17-32(16-25-20(2)30-18-36-25)15-21-8-11-23(12-9-21)37-29(6,7)27(34)35/h8-14,18H,15-17H2,1-7H3,(H,31,33)(H,34,35). The predicted octanol–water partition coefficient (Wildman–Crippen LogP) is 5.47. The van der Waals surface area contributed by atoms with E-state index in [1.807, 2.05) is 43.0 Å². The molecular weight excluding hydrogens is 470 g/mol. The Kier molecular flexibility index (Phi) is 8.43. The fourth-order valence-electron chi connectivity index (χ4n) is 3.77. The number of aromatic nitrogens is 1. The average Bonchev–Trinajstić information content (AvgIpc) is 3.19. The van der Waals surface area contributed by atoms with Crippen LogP contribution in [0.1, 0.15) is 62.8 Å². The van der Waals surface area contributed by atoms with Gasteiger partial charge in [0.2, 0.25) is 5.91 Å². The molecule has 198 valence electrons. The zero-order valence-corrected chi connectivity index (χ0v) is 22.7. The first-order valence-corrected chi connectivity index (χ1v) is 12.3. The normalized spacial score (nSPS) is 12.0. The molecule has 0 aliphatic heterocycles. The smallest absolute Gasteiger partial charge is 0.347 e. The van der Waals surface area contributed by atoms with E-state index in [0.29, 0.717) is 24.6 Å². The molecule has 0 atom stereocenters. The van der Waals surface area contributed by atoms with E-state index < -0.39 is 11.6 Å². The van der Waals surface area contributed by atoms with Gasteiger partial charge in [-0.1, -0.05) is 45.0 Å². The number of hydrogen-bond acceptors (Lipinski definition) is 6. The lowest BCUT2D eigenvalue weighted by Crippen LogP contribution is -2.37. The Bertz CT molecular complexity index is 1240. The first kappa shape index (κ1) is 27.9. The summed E-state index contributed by atoms with van der Waals surface area (Å²) in [7, 11) is 0. The van der Waals surface area contributed by atoms with Gasteiger partial charge in [-0.3, -0.25) is 9.69 Å². The Hall–Kier alpha value is -3.65. The van der Waals surface area contributed by atoms with Crippen molar-refractivity contribution in [3.8, 4) is 5.75 Å². The molecule has 8 heteroatoms. The van der Waals surface area contributed by atoms with Crippen molar-refractivity contribution in [2.75, 3.05) is 11.9 Å². The van der Waals surface area contributed by atoms with Crippen molar-refractivity contribution in [1.82, 2.24) is 9.88 Å². The quantitative estimate of drug-likeness (QED) is 0.375. The third kappa shape index (κ3) is 7.67. The molecule has 0 saturated carbocycles. The van der Waals surface area contributed by atoms with Crippen molar-refractivity contribution in [3.63, 3.8) is 0 Å². The van der Waals surface area contributed by atoms with Crippen molar-refractivity contribution >= 4 is 17.6 Å².